The highest BCUT2D eigenvalue weighted by atomic mass is 127. The number of guanidine groups is 1. The minimum absolute atomic E-state index is 0. The zero-order chi connectivity index (χ0) is 22.8. The Morgan fingerprint density at radius 2 is 2.03 bits per heavy atom. The van der Waals surface area contributed by atoms with Crippen LogP contribution in [-0.2, 0) is 9.53 Å². The summed E-state index contributed by atoms with van der Waals surface area (Å²) in [6.07, 6.45) is 6.00. The largest absolute Gasteiger partial charge is 0.497 e. The Bertz CT molecular complexity index is 749. The van der Waals surface area contributed by atoms with E-state index < -0.39 is 0 Å². The summed E-state index contributed by atoms with van der Waals surface area (Å²) in [5, 5.41) is 6.90. The molecule has 0 aliphatic carbocycles. The van der Waals surface area contributed by atoms with E-state index in [4.69, 9.17) is 9.47 Å². The zero-order valence-corrected chi connectivity index (χ0v) is 22.5. The van der Waals surface area contributed by atoms with Crippen LogP contribution in [0.4, 0.5) is 0 Å². The molecular weight excluding hydrogens is 533 g/mol. The highest BCUT2D eigenvalue weighted by Crippen LogP contribution is 2.27. The van der Waals surface area contributed by atoms with Crippen LogP contribution in [0.2, 0.25) is 0 Å². The van der Waals surface area contributed by atoms with Crippen LogP contribution in [0.25, 0.3) is 0 Å². The molecule has 33 heavy (non-hydrogen) atoms. The molecule has 3 rings (SSSR count). The fraction of sp³-hybridized carbons (Fsp3) is 0.667. The van der Waals surface area contributed by atoms with Crippen molar-refractivity contribution in [2.45, 2.75) is 44.2 Å². The maximum atomic E-state index is 12.1. The van der Waals surface area contributed by atoms with Gasteiger partial charge in [0.2, 0.25) is 5.91 Å². The molecule has 2 N–H and O–H groups in total. The van der Waals surface area contributed by atoms with Gasteiger partial charge in [0.25, 0.3) is 0 Å². The molecule has 8 nitrogen and oxygen atoms in total. The molecule has 2 aliphatic rings. The van der Waals surface area contributed by atoms with Crippen molar-refractivity contribution < 1.29 is 14.3 Å². The summed E-state index contributed by atoms with van der Waals surface area (Å²) < 4.78 is 11.3. The average Bonchev–Trinajstić information content (AvgIpc) is 3.35. The van der Waals surface area contributed by atoms with Crippen molar-refractivity contribution in [3.8, 4) is 5.75 Å². The summed E-state index contributed by atoms with van der Waals surface area (Å²) in [4.78, 5) is 20.7. The van der Waals surface area contributed by atoms with Gasteiger partial charge in [0.15, 0.2) is 5.96 Å². The van der Waals surface area contributed by atoms with Crippen molar-refractivity contribution in [2.24, 2.45) is 4.99 Å². The number of ether oxygens (including phenoxy) is 2. The summed E-state index contributed by atoms with van der Waals surface area (Å²) in [5.74, 6) is 1.50. The number of likely N-dealkylation sites (tertiary alicyclic amines) is 1. The highest BCUT2D eigenvalue weighted by Gasteiger charge is 2.24. The van der Waals surface area contributed by atoms with Crippen molar-refractivity contribution >= 4 is 35.8 Å². The molecule has 0 radical (unpaired) electrons. The van der Waals surface area contributed by atoms with Gasteiger partial charge in [0, 0.05) is 33.8 Å². The predicted octanol–water partition coefficient (Wildman–Crippen LogP) is 2.64. The molecule has 2 fully saturated rings. The average molecular weight is 574 g/mol. The molecule has 2 saturated heterocycles. The standard InChI is InChI=1S/C24H39N5O3.HI/c1-28(2)23(30)18-27-24(25-16-21-10-4-7-14-32-21)26-17-22(29-12-5-6-13-29)19-9-8-11-20(15-19)31-3;/h8-9,11,15,21-22H,4-7,10,12-14,16-18H2,1-3H3,(H2,25,26,27);1H. The minimum Gasteiger partial charge on any atom is -0.497 e. The molecule has 1 amide bonds. The number of aliphatic imine (C=N–C) groups is 1. The van der Waals surface area contributed by atoms with Gasteiger partial charge in [0.05, 0.1) is 19.3 Å². The summed E-state index contributed by atoms with van der Waals surface area (Å²) in [7, 11) is 5.20. The van der Waals surface area contributed by atoms with Crippen molar-refractivity contribution in [1.29, 1.82) is 0 Å². The third-order valence-electron chi connectivity index (χ3n) is 6.17. The Balaban J connectivity index is 0.00000385. The number of benzene rings is 1. The molecule has 186 valence electrons. The number of carbonyl (C=O) groups is 1. The van der Waals surface area contributed by atoms with Crippen molar-refractivity contribution in [2.75, 3.05) is 60.5 Å². The van der Waals surface area contributed by atoms with Crippen LogP contribution in [0.3, 0.4) is 0 Å². The number of hydrogen-bond donors (Lipinski definition) is 2. The van der Waals surface area contributed by atoms with E-state index >= 15 is 0 Å². The summed E-state index contributed by atoms with van der Waals surface area (Å²) >= 11 is 0. The van der Waals surface area contributed by atoms with Gasteiger partial charge in [-0.15, -0.1) is 24.0 Å². The third-order valence-corrected chi connectivity index (χ3v) is 6.17. The summed E-state index contributed by atoms with van der Waals surface area (Å²) in [6.45, 7) is 4.48. The van der Waals surface area contributed by atoms with Crippen molar-refractivity contribution in [1.82, 2.24) is 20.4 Å². The molecule has 1 aromatic carbocycles. The lowest BCUT2D eigenvalue weighted by molar-refractivity contribution is -0.127. The number of rotatable bonds is 9. The second-order valence-corrected chi connectivity index (χ2v) is 8.74. The summed E-state index contributed by atoms with van der Waals surface area (Å²) in [6, 6.07) is 8.49. The van der Waals surface area contributed by atoms with Crippen LogP contribution in [0.5, 0.6) is 5.75 Å². The van der Waals surface area contributed by atoms with E-state index in [0.29, 0.717) is 19.0 Å². The molecule has 1 aromatic rings. The Morgan fingerprint density at radius 3 is 2.70 bits per heavy atom. The van der Waals surface area contributed by atoms with E-state index in [0.717, 1.165) is 38.3 Å². The number of likely N-dealkylation sites (N-methyl/N-ethyl adjacent to an activating group) is 1. The molecule has 2 atom stereocenters. The maximum Gasteiger partial charge on any atom is 0.243 e. The summed E-state index contributed by atoms with van der Waals surface area (Å²) in [5.41, 5.74) is 1.22. The Labute approximate surface area is 215 Å². The molecule has 0 aromatic heterocycles. The van der Waals surface area contributed by atoms with E-state index in [-0.39, 0.29) is 48.6 Å². The zero-order valence-electron chi connectivity index (χ0n) is 20.2. The van der Waals surface area contributed by atoms with Crippen LogP contribution < -0.4 is 15.4 Å². The molecule has 0 spiro atoms. The monoisotopic (exact) mass is 573 g/mol. The molecule has 2 heterocycles. The van der Waals surface area contributed by atoms with Gasteiger partial charge in [0.1, 0.15) is 12.3 Å². The Hall–Kier alpha value is -1.59. The van der Waals surface area contributed by atoms with Crippen LogP contribution in [0.15, 0.2) is 29.3 Å². The fourth-order valence-electron chi connectivity index (χ4n) is 4.19. The molecule has 2 aliphatic heterocycles. The number of hydrogen-bond acceptors (Lipinski definition) is 5. The number of amides is 1. The normalized spacial score (nSPS) is 20.0. The van der Waals surface area contributed by atoms with E-state index in [9.17, 15) is 4.79 Å². The fourth-order valence-corrected chi connectivity index (χ4v) is 4.19. The molecule has 0 bridgehead atoms. The van der Waals surface area contributed by atoms with Gasteiger partial charge in [-0.1, -0.05) is 12.1 Å². The number of carbonyl (C=O) groups excluding carboxylic acids is 1. The number of nitrogens with zero attached hydrogens (tertiary/aromatic N) is 3. The number of methoxy groups -OCH3 is 1. The second kappa shape index (κ2) is 14.6. The quantitative estimate of drug-likeness (QED) is 0.269. The predicted molar refractivity (Wildman–Crippen MR) is 143 cm³/mol. The first-order valence-electron chi connectivity index (χ1n) is 11.8. The van der Waals surface area contributed by atoms with Gasteiger partial charge in [-0.2, -0.15) is 0 Å². The molecule has 0 saturated carbocycles. The highest BCUT2D eigenvalue weighted by molar-refractivity contribution is 14.0. The Kier molecular flexibility index (Phi) is 12.3. The first-order valence-corrected chi connectivity index (χ1v) is 11.8. The second-order valence-electron chi connectivity index (χ2n) is 8.74. The van der Waals surface area contributed by atoms with Crippen LogP contribution in [-0.4, -0.2) is 88.3 Å². The Morgan fingerprint density at radius 1 is 1.24 bits per heavy atom. The van der Waals surface area contributed by atoms with Crippen LogP contribution in [0, 0.1) is 0 Å². The van der Waals surface area contributed by atoms with E-state index in [1.54, 1.807) is 26.1 Å². The number of halogens is 1. The maximum absolute atomic E-state index is 12.1. The van der Waals surface area contributed by atoms with Crippen LogP contribution in [0.1, 0.15) is 43.7 Å². The molecule has 2 unspecified atom stereocenters. The first kappa shape index (κ1) is 27.7. The molecule has 9 heteroatoms. The van der Waals surface area contributed by atoms with Gasteiger partial charge in [-0.05, 0) is 62.9 Å². The SMILES string of the molecule is COc1cccc(C(CNC(=NCC(=O)N(C)C)NCC2CCCCO2)N2CCCC2)c1.I. The van der Waals surface area contributed by atoms with Gasteiger partial charge in [-0.3, -0.25) is 9.69 Å². The smallest absolute Gasteiger partial charge is 0.243 e. The van der Waals surface area contributed by atoms with E-state index in [1.165, 1.54) is 24.8 Å². The lowest BCUT2D eigenvalue weighted by Gasteiger charge is -2.29. The van der Waals surface area contributed by atoms with Gasteiger partial charge < -0.3 is 25.0 Å². The third kappa shape index (κ3) is 8.94. The van der Waals surface area contributed by atoms with Gasteiger partial charge in [-0.25, -0.2) is 4.99 Å². The van der Waals surface area contributed by atoms with E-state index in [1.807, 2.05) is 12.1 Å². The number of nitrogens with one attached hydrogen (secondary N) is 2. The van der Waals surface area contributed by atoms with Crippen molar-refractivity contribution in [3.63, 3.8) is 0 Å². The van der Waals surface area contributed by atoms with E-state index in [2.05, 4.69) is 32.7 Å². The lowest BCUT2D eigenvalue weighted by atomic mass is 10.1. The molecular formula is C24H40IN5O3. The topological polar surface area (TPSA) is 78.4 Å². The lowest BCUT2D eigenvalue weighted by Crippen LogP contribution is -2.46. The van der Waals surface area contributed by atoms with Gasteiger partial charge >= 0.3 is 0 Å². The van der Waals surface area contributed by atoms with Crippen LogP contribution >= 0.6 is 24.0 Å². The first-order chi connectivity index (χ1) is 15.6. The minimum atomic E-state index is -0.0242. The van der Waals surface area contributed by atoms with Crippen molar-refractivity contribution in [3.05, 3.63) is 29.8 Å².